The molecule has 1 fully saturated rings. The number of benzene rings is 2. The van der Waals surface area contributed by atoms with Crippen LogP contribution in [0.1, 0.15) is 19.3 Å². The average Bonchev–Trinajstić information content (AvgIpc) is 3.58. The third kappa shape index (κ3) is 4.94. The van der Waals surface area contributed by atoms with Crippen molar-refractivity contribution in [1.82, 2.24) is 19.7 Å². The van der Waals surface area contributed by atoms with Crippen LogP contribution in [0, 0.1) is 5.92 Å². The summed E-state index contributed by atoms with van der Waals surface area (Å²) in [5, 5.41) is 4.43. The summed E-state index contributed by atoms with van der Waals surface area (Å²) < 4.78 is 12.9. The number of methoxy groups -OCH3 is 2. The van der Waals surface area contributed by atoms with Gasteiger partial charge in [0.25, 0.3) is 0 Å². The fourth-order valence-electron chi connectivity index (χ4n) is 4.01. The number of halogens is 1. The molecule has 0 spiro atoms. The third-order valence-electron chi connectivity index (χ3n) is 6.07. The lowest BCUT2D eigenvalue weighted by molar-refractivity contribution is 0.394. The Balaban J connectivity index is 1.51. The fraction of sp³-hybridized carbons (Fsp3) is 0.346. The molecule has 0 bridgehead atoms. The normalized spacial score (nSPS) is 13.3. The highest BCUT2D eigenvalue weighted by Gasteiger charge is 2.26. The first-order valence-electron chi connectivity index (χ1n) is 11.5. The number of ether oxygens (including phenoxy) is 2. The molecule has 1 saturated carbocycles. The van der Waals surface area contributed by atoms with Gasteiger partial charge in [0, 0.05) is 60.3 Å². The van der Waals surface area contributed by atoms with E-state index in [-0.39, 0.29) is 0 Å². The molecule has 2 aromatic heterocycles. The Morgan fingerprint density at radius 2 is 1.79 bits per heavy atom. The molecule has 4 aromatic rings. The summed E-state index contributed by atoms with van der Waals surface area (Å²) in [7, 11) is 3.35. The Morgan fingerprint density at radius 1 is 1.00 bits per heavy atom. The SMILES string of the molecule is COc1cc(OC)cc(N(CC2CC2)c2ccc3ncc(-c4cnn(CCCCl)c4)nc3c2)c1. The van der Waals surface area contributed by atoms with Crippen molar-refractivity contribution in [3.05, 3.63) is 55.0 Å². The second kappa shape index (κ2) is 9.89. The molecule has 0 N–H and O–H groups in total. The molecule has 5 rings (SSSR count). The molecule has 2 heterocycles. The molecule has 7 nitrogen and oxygen atoms in total. The number of aryl methyl sites for hydroxylation is 1. The average molecular weight is 478 g/mol. The van der Waals surface area contributed by atoms with Crippen molar-refractivity contribution >= 4 is 34.0 Å². The topological polar surface area (TPSA) is 65.3 Å². The van der Waals surface area contributed by atoms with Crippen molar-refractivity contribution in [2.45, 2.75) is 25.8 Å². The Bertz CT molecular complexity index is 1270. The predicted octanol–water partition coefficient (Wildman–Crippen LogP) is 5.69. The number of aromatic nitrogens is 4. The van der Waals surface area contributed by atoms with Gasteiger partial charge < -0.3 is 14.4 Å². The summed E-state index contributed by atoms with van der Waals surface area (Å²) >= 11 is 5.81. The van der Waals surface area contributed by atoms with E-state index in [9.17, 15) is 0 Å². The van der Waals surface area contributed by atoms with E-state index >= 15 is 0 Å². The number of rotatable bonds is 10. The standard InChI is InChI=1S/C26H28ClN5O2/c1-33-22-10-21(11-23(13-22)34-2)32(16-18-4-5-18)20-6-7-24-25(12-20)30-26(15-28-24)19-14-29-31(17-19)9-3-8-27/h6-7,10-15,17-18H,3-5,8-9,16H2,1-2H3. The van der Waals surface area contributed by atoms with Gasteiger partial charge in [-0.3, -0.25) is 9.67 Å². The van der Waals surface area contributed by atoms with Crippen LogP contribution < -0.4 is 14.4 Å². The monoisotopic (exact) mass is 477 g/mol. The lowest BCUT2D eigenvalue weighted by atomic mass is 10.1. The van der Waals surface area contributed by atoms with Gasteiger partial charge in [-0.15, -0.1) is 11.6 Å². The van der Waals surface area contributed by atoms with Gasteiger partial charge in [-0.05, 0) is 43.4 Å². The van der Waals surface area contributed by atoms with Gasteiger partial charge in [-0.25, -0.2) is 4.98 Å². The minimum Gasteiger partial charge on any atom is -0.497 e. The van der Waals surface area contributed by atoms with Crippen molar-refractivity contribution in [3.8, 4) is 22.8 Å². The van der Waals surface area contributed by atoms with E-state index in [1.807, 2.05) is 41.3 Å². The number of anilines is 2. The van der Waals surface area contributed by atoms with Crippen LogP contribution in [-0.2, 0) is 6.54 Å². The number of fused-ring (bicyclic) bond motifs is 1. The van der Waals surface area contributed by atoms with E-state index in [0.29, 0.717) is 11.8 Å². The maximum Gasteiger partial charge on any atom is 0.124 e. The van der Waals surface area contributed by atoms with Crippen molar-refractivity contribution in [2.24, 2.45) is 5.92 Å². The molecule has 1 aliphatic carbocycles. The summed E-state index contributed by atoms with van der Waals surface area (Å²) in [5.41, 5.74) is 5.56. The second-order valence-corrected chi connectivity index (χ2v) is 8.97. The molecule has 0 atom stereocenters. The highest BCUT2D eigenvalue weighted by molar-refractivity contribution is 6.17. The molecule has 0 aliphatic heterocycles. The van der Waals surface area contributed by atoms with Gasteiger partial charge >= 0.3 is 0 Å². The van der Waals surface area contributed by atoms with Crippen LogP contribution in [-0.4, -0.2) is 46.4 Å². The van der Waals surface area contributed by atoms with Crippen LogP contribution in [0.3, 0.4) is 0 Å². The molecule has 0 radical (unpaired) electrons. The van der Waals surface area contributed by atoms with E-state index in [1.54, 1.807) is 20.4 Å². The number of hydrogen-bond donors (Lipinski definition) is 0. The van der Waals surface area contributed by atoms with Crippen LogP contribution in [0.2, 0.25) is 0 Å². The van der Waals surface area contributed by atoms with Crippen molar-refractivity contribution in [2.75, 3.05) is 31.5 Å². The first kappa shape index (κ1) is 22.5. The van der Waals surface area contributed by atoms with Crippen molar-refractivity contribution in [3.63, 3.8) is 0 Å². The molecule has 34 heavy (non-hydrogen) atoms. The second-order valence-electron chi connectivity index (χ2n) is 8.59. The van der Waals surface area contributed by atoms with E-state index in [1.165, 1.54) is 12.8 Å². The Labute approximate surface area is 204 Å². The molecule has 8 heteroatoms. The van der Waals surface area contributed by atoms with Crippen LogP contribution in [0.25, 0.3) is 22.3 Å². The molecular weight excluding hydrogens is 450 g/mol. The van der Waals surface area contributed by atoms with E-state index in [0.717, 1.165) is 64.7 Å². The number of nitrogens with zero attached hydrogens (tertiary/aromatic N) is 5. The van der Waals surface area contributed by atoms with Crippen LogP contribution in [0.4, 0.5) is 11.4 Å². The van der Waals surface area contributed by atoms with Gasteiger partial charge in [-0.2, -0.15) is 5.10 Å². The minimum atomic E-state index is 0.615. The quantitative estimate of drug-likeness (QED) is 0.273. The van der Waals surface area contributed by atoms with Crippen molar-refractivity contribution in [1.29, 1.82) is 0 Å². The summed E-state index contributed by atoms with van der Waals surface area (Å²) in [5.74, 6) is 2.84. The molecule has 2 aromatic carbocycles. The minimum absolute atomic E-state index is 0.615. The predicted molar refractivity (Wildman–Crippen MR) is 135 cm³/mol. The Morgan fingerprint density at radius 3 is 2.50 bits per heavy atom. The highest BCUT2D eigenvalue weighted by atomic mass is 35.5. The van der Waals surface area contributed by atoms with Gasteiger partial charge in [0.05, 0.1) is 43.3 Å². The zero-order valence-electron chi connectivity index (χ0n) is 19.4. The summed E-state index contributed by atoms with van der Waals surface area (Å²) in [4.78, 5) is 11.9. The largest absolute Gasteiger partial charge is 0.497 e. The molecule has 176 valence electrons. The zero-order valence-corrected chi connectivity index (χ0v) is 20.2. The summed E-state index contributed by atoms with van der Waals surface area (Å²) in [6.07, 6.45) is 9.01. The van der Waals surface area contributed by atoms with Gasteiger partial charge in [0.15, 0.2) is 0 Å². The van der Waals surface area contributed by atoms with E-state index in [2.05, 4.69) is 27.1 Å². The van der Waals surface area contributed by atoms with Gasteiger partial charge in [0.1, 0.15) is 11.5 Å². The molecule has 0 amide bonds. The first-order chi connectivity index (χ1) is 16.7. The summed E-state index contributed by atoms with van der Waals surface area (Å²) in [6, 6.07) is 12.2. The Hall–Kier alpha value is -3.32. The molecular formula is C26H28ClN5O2. The molecule has 1 aliphatic rings. The lowest BCUT2D eigenvalue weighted by Gasteiger charge is -2.26. The van der Waals surface area contributed by atoms with Crippen LogP contribution in [0.5, 0.6) is 11.5 Å². The fourth-order valence-corrected chi connectivity index (χ4v) is 4.13. The Kier molecular flexibility index (Phi) is 6.54. The molecule has 0 unspecified atom stereocenters. The number of hydrogen-bond acceptors (Lipinski definition) is 6. The highest BCUT2D eigenvalue weighted by Crippen LogP contribution is 2.38. The third-order valence-corrected chi connectivity index (χ3v) is 6.34. The van der Waals surface area contributed by atoms with Crippen LogP contribution >= 0.6 is 11.6 Å². The zero-order chi connectivity index (χ0) is 23.5. The van der Waals surface area contributed by atoms with E-state index in [4.69, 9.17) is 26.1 Å². The van der Waals surface area contributed by atoms with E-state index < -0.39 is 0 Å². The maximum absolute atomic E-state index is 5.81. The van der Waals surface area contributed by atoms with Gasteiger partial charge in [-0.1, -0.05) is 0 Å². The van der Waals surface area contributed by atoms with Gasteiger partial charge in [0.2, 0.25) is 0 Å². The molecule has 0 saturated heterocycles. The first-order valence-corrected chi connectivity index (χ1v) is 12.1. The van der Waals surface area contributed by atoms with Crippen LogP contribution in [0.15, 0.2) is 55.0 Å². The maximum atomic E-state index is 5.81. The summed E-state index contributed by atoms with van der Waals surface area (Å²) in [6.45, 7) is 1.72. The lowest BCUT2D eigenvalue weighted by Crippen LogP contribution is -2.20. The smallest absolute Gasteiger partial charge is 0.124 e. The number of alkyl halides is 1. The van der Waals surface area contributed by atoms with Crippen molar-refractivity contribution < 1.29 is 9.47 Å².